The summed E-state index contributed by atoms with van der Waals surface area (Å²) in [6.07, 6.45) is 4.66. The largest absolute Gasteiger partial charge is 0.493 e. The van der Waals surface area contributed by atoms with Gasteiger partial charge in [0.15, 0.2) is 0 Å². The number of pyridine rings is 1. The van der Waals surface area contributed by atoms with Crippen molar-refractivity contribution >= 4 is 17.3 Å². The van der Waals surface area contributed by atoms with E-state index in [1.54, 1.807) is 26.2 Å². The number of rotatable bonds is 9. The van der Waals surface area contributed by atoms with Gasteiger partial charge in [0.25, 0.3) is 5.91 Å². The van der Waals surface area contributed by atoms with Gasteiger partial charge in [0.2, 0.25) is 0 Å². The highest BCUT2D eigenvalue weighted by Gasteiger charge is 2.14. The molecule has 3 aromatic rings. The van der Waals surface area contributed by atoms with Crippen LogP contribution in [0.1, 0.15) is 19.0 Å². The van der Waals surface area contributed by atoms with Crippen molar-refractivity contribution in [1.82, 2.24) is 9.38 Å². The zero-order valence-corrected chi connectivity index (χ0v) is 18.1. The minimum Gasteiger partial charge on any atom is -0.493 e. The smallest absolute Gasteiger partial charge is 0.264 e. The Morgan fingerprint density at radius 3 is 2.72 bits per heavy atom. The third-order valence-corrected chi connectivity index (χ3v) is 5.21. The molecule has 0 bridgehead atoms. The number of imidazole rings is 1. The number of hydrogen-bond acceptors (Lipinski definition) is 6. The van der Waals surface area contributed by atoms with Crippen molar-refractivity contribution < 1.29 is 13.9 Å². The molecular weight excluding hydrogens is 411 g/mol. The third kappa shape index (κ3) is 4.94. The number of hydrogen-bond donors (Lipinski definition) is 3. The molecule has 0 saturated carbocycles. The van der Waals surface area contributed by atoms with Gasteiger partial charge in [-0.2, -0.15) is 0 Å². The van der Waals surface area contributed by atoms with Crippen LogP contribution < -0.4 is 21.9 Å². The predicted molar refractivity (Wildman–Crippen MR) is 123 cm³/mol. The fraction of sp³-hybridized carbons (Fsp3) is 0.261. The number of nitrogens with zero attached hydrogens (tertiary/aromatic N) is 3. The number of carbonyl (C=O) groups excluding carboxylic acids is 1. The van der Waals surface area contributed by atoms with Crippen LogP contribution >= 0.6 is 0 Å². The van der Waals surface area contributed by atoms with E-state index < -0.39 is 5.91 Å². The summed E-state index contributed by atoms with van der Waals surface area (Å²) in [6.45, 7) is 2.44. The molecule has 0 unspecified atom stereocenters. The highest BCUT2D eigenvalue weighted by atomic mass is 19.1. The summed E-state index contributed by atoms with van der Waals surface area (Å²) in [6, 6.07) is 8.05. The van der Waals surface area contributed by atoms with Crippen molar-refractivity contribution in [3.63, 3.8) is 0 Å². The molecule has 0 radical (unpaired) electrons. The first-order valence-corrected chi connectivity index (χ1v) is 10.2. The average molecular weight is 439 g/mol. The van der Waals surface area contributed by atoms with Gasteiger partial charge in [0, 0.05) is 60.4 Å². The van der Waals surface area contributed by atoms with E-state index in [1.807, 2.05) is 22.7 Å². The molecule has 168 valence electrons. The number of amides is 1. The van der Waals surface area contributed by atoms with Crippen LogP contribution in [0.2, 0.25) is 0 Å². The first kappa shape index (κ1) is 23.0. The van der Waals surface area contributed by atoms with E-state index in [-0.39, 0.29) is 18.1 Å². The third-order valence-electron chi connectivity index (χ3n) is 5.21. The summed E-state index contributed by atoms with van der Waals surface area (Å²) >= 11 is 0. The highest BCUT2D eigenvalue weighted by Crippen LogP contribution is 2.31. The van der Waals surface area contributed by atoms with E-state index in [9.17, 15) is 9.18 Å². The zero-order valence-electron chi connectivity index (χ0n) is 18.1. The molecule has 2 heterocycles. The molecule has 1 amide bonds. The van der Waals surface area contributed by atoms with Crippen LogP contribution in [0, 0.1) is 5.82 Å². The van der Waals surface area contributed by atoms with Crippen molar-refractivity contribution in [3.8, 4) is 16.9 Å². The number of benzene rings is 1. The first-order chi connectivity index (χ1) is 15.3. The number of carbonyl (C=O) groups is 1. The van der Waals surface area contributed by atoms with Crippen molar-refractivity contribution in [1.29, 1.82) is 0 Å². The SMILES string of the molecule is CN=C(C)/C(CCOc1ccc(F)cc1-c1ccc2ncc(CCN)n2c1)=C(\N)C(N)=O. The maximum atomic E-state index is 14.1. The Balaban J connectivity index is 1.91. The first-order valence-electron chi connectivity index (χ1n) is 10.2. The summed E-state index contributed by atoms with van der Waals surface area (Å²) in [5, 5.41) is 0. The van der Waals surface area contributed by atoms with Crippen molar-refractivity contribution in [2.45, 2.75) is 19.8 Å². The van der Waals surface area contributed by atoms with E-state index in [2.05, 4.69) is 9.98 Å². The standard InChI is InChI=1S/C23H27FN6O2/c1-14(28-2)18(22(26)23(27)31)8-10-32-20-5-4-16(24)11-19(20)15-3-6-21-29-12-17(7-9-25)30(21)13-15/h3-6,11-13H,7-10,25-26H2,1-2H3,(H2,27,31)/b22-18-,28-14?. The van der Waals surface area contributed by atoms with Crippen molar-refractivity contribution in [3.05, 3.63) is 65.5 Å². The summed E-state index contributed by atoms with van der Waals surface area (Å²) in [5.41, 5.74) is 21.0. The summed E-state index contributed by atoms with van der Waals surface area (Å²) < 4.78 is 22.0. The highest BCUT2D eigenvalue weighted by molar-refractivity contribution is 6.06. The quantitative estimate of drug-likeness (QED) is 0.348. The average Bonchev–Trinajstić information content (AvgIpc) is 3.19. The van der Waals surface area contributed by atoms with Gasteiger partial charge in [-0.3, -0.25) is 9.79 Å². The second kappa shape index (κ2) is 10.1. The van der Waals surface area contributed by atoms with Crippen molar-refractivity contribution in [2.24, 2.45) is 22.2 Å². The fourth-order valence-electron chi connectivity index (χ4n) is 3.43. The molecule has 1 aromatic carbocycles. The van der Waals surface area contributed by atoms with Gasteiger partial charge < -0.3 is 26.3 Å². The molecule has 0 aliphatic rings. The monoisotopic (exact) mass is 438 g/mol. The van der Waals surface area contributed by atoms with Crippen LogP contribution in [0.4, 0.5) is 4.39 Å². The molecule has 0 fully saturated rings. The molecule has 0 atom stereocenters. The Labute approximate surface area is 185 Å². The summed E-state index contributed by atoms with van der Waals surface area (Å²) in [7, 11) is 1.60. The molecule has 0 saturated heterocycles. The molecule has 32 heavy (non-hydrogen) atoms. The van der Waals surface area contributed by atoms with E-state index in [4.69, 9.17) is 21.9 Å². The van der Waals surface area contributed by atoms with Gasteiger partial charge in [-0.05, 0) is 43.8 Å². The van der Waals surface area contributed by atoms with E-state index in [0.29, 0.717) is 42.0 Å². The Bertz CT molecular complexity index is 1200. The number of aliphatic imine (C=N–C) groups is 1. The second-order valence-corrected chi connectivity index (χ2v) is 7.24. The Hall–Kier alpha value is -3.72. The number of ether oxygens (including phenoxy) is 1. The number of halogens is 1. The van der Waals surface area contributed by atoms with E-state index in [0.717, 1.165) is 16.9 Å². The number of aromatic nitrogens is 2. The lowest BCUT2D eigenvalue weighted by atomic mass is 10.0. The zero-order chi connectivity index (χ0) is 23.3. The van der Waals surface area contributed by atoms with Crippen LogP contribution in [0.15, 0.2) is 59.0 Å². The van der Waals surface area contributed by atoms with Gasteiger partial charge in [-0.25, -0.2) is 9.37 Å². The van der Waals surface area contributed by atoms with Gasteiger partial charge >= 0.3 is 0 Å². The Kier molecular flexibility index (Phi) is 7.21. The molecule has 8 nitrogen and oxygen atoms in total. The van der Waals surface area contributed by atoms with Crippen LogP contribution in [0.3, 0.4) is 0 Å². The van der Waals surface area contributed by atoms with Crippen LogP contribution in [-0.4, -0.2) is 41.2 Å². The number of nitrogens with two attached hydrogens (primary N) is 3. The van der Waals surface area contributed by atoms with Gasteiger partial charge in [0.1, 0.15) is 22.9 Å². The van der Waals surface area contributed by atoms with Crippen molar-refractivity contribution in [2.75, 3.05) is 20.2 Å². The molecule has 0 spiro atoms. The topological polar surface area (TPSA) is 134 Å². The lowest BCUT2D eigenvalue weighted by Gasteiger charge is -2.14. The van der Waals surface area contributed by atoms with Gasteiger partial charge in [-0.1, -0.05) is 0 Å². The maximum absolute atomic E-state index is 14.1. The summed E-state index contributed by atoms with van der Waals surface area (Å²) in [5.74, 6) is -0.602. The molecule has 0 aliphatic carbocycles. The molecule has 2 aromatic heterocycles. The normalized spacial score (nSPS) is 12.7. The lowest BCUT2D eigenvalue weighted by molar-refractivity contribution is -0.114. The van der Waals surface area contributed by atoms with Crippen LogP contribution in [-0.2, 0) is 11.2 Å². The van der Waals surface area contributed by atoms with E-state index >= 15 is 0 Å². The predicted octanol–water partition coefficient (Wildman–Crippen LogP) is 2.20. The Morgan fingerprint density at radius 1 is 1.25 bits per heavy atom. The summed E-state index contributed by atoms with van der Waals surface area (Å²) in [4.78, 5) is 20.0. The molecular formula is C23H27FN6O2. The lowest BCUT2D eigenvalue weighted by Crippen LogP contribution is -2.25. The van der Waals surface area contributed by atoms with Crippen LogP contribution in [0.5, 0.6) is 5.75 Å². The molecule has 3 rings (SSSR count). The fourth-order valence-corrected chi connectivity index (χ4v) is 3.43. The molecule has 0 aliphatic heterocycles. The van der Waals surface area contributed by atoms with Gasteiger partial charge in [0.05, 0.1) is 6.61 Å². The number of fused-ring (bicyclic) bond motifs is 1. The number of primary amides is 1. The van der Waals surface area contributed by atoms with E-state index in [1.165, 1.54) is 12.1 Å². The molecule has 9 heteroatoms. The Morgan fingerprint density at radius 2 is 2.03 bits per heavy atom. The second-order valence-electron chi connectivity index (χ2n) is 7.24. The minimum absolute atomic E-state index is 0.0472. The molecule has 6 N–H and O–H groups in total. The van der Waals surface area contributed by atoms with Crippen LogP contribution in [0.25, 0.3) is 16.8 Å². The minimum atomic E-state index is -0.715. The van der Waals surface area contributed by atoms with Gasteiger partial charge in [-0.15, -0.1) is 0 Å². The maximum Gasteiger partial charge on any atom is 0.264 e.